The fourth-order valence-corrected chi connectivity index (χ4v) is 0. The molecule has 0 aromatic carbocycles. The highest BCUT2D eigenvalue weighted by Crippen LogP contribution is 1.87. The molecule has 0 heterocycles. The molecular weight excluding hydrogens is 216 g/mol. The zero-order valence-electron chi connectivity index (χ0n) is 16.6. The summed E-state index contributed by atoms with van der Waals surface area (Å²) < 4.78 is 0. The van der Waals surface area contributed by atoms with Gasteiger partial charge in [-0.1, -0.05) is 109 Å². The molecule has 0 heteroatoms. The van der Waals surface area contributed by atoms with E-state index < -0.39 is 0 Å². The molecule has 0 spiro atoms. The van der Waals surface area contributed by atoms with Crippen LogP contribution in [0.4, 0.5) is 0 Å². The van der Waals surface area contributed by atoms with Crippen molar-refractivity contribution in [3.05, 3.63) is 12.7 Å². The summed E-state index contributed by atoms with van der Waals surface area (Å²) in [5.74, 6) is 0.648. The first-order valence-corrected chi connectivity index (χ1v) is 8.31. The second kappa shape index (κ2) is 185. The summed E-state index contributed by atoms with van der Waals surface area (Å²) in [5.41, 5.74) is 0. The Hall–Kier alpha value is -0.260. The standard InChI is InChI=1S/C5H10.C3H8.5C2H6/c1-4-5(2)3;1-3-2;5*1-2/h4-5H,1H2,2-3H3;3H2,1-2H3;5*1-2H3. The molecule has 0 aliphatic heterocycles. The fourth-order valence-electron chi connectivity index (χ4n) is 0. The van der Waals surface area contributed by atoms with Crippen molar-refractivity contribution in [2.45, 2.75) is 103 Å². The molecule has 0 saturated heterocycles. The monoisotopic (exact) mass is 264 g/mol. The minimum atomic E-state index is 0.648. The van der Waals surface area contributed by atoms with E-state index in [9.17, 15) is 0 Å². The van der Waals surface area contributed by atoms with E-state index in [1.807, 2.05) is 75.3 Å². The Labute approximate surface area is 122 Å². The van der Waals surface area contributed by atoms with Crippen LogP contribution in [0.1, 0.15) is 103 Å². The highest BCUT2D eigenvalue weighted by molar-refractivity contribution is 4.69. The van der Waals surface area contributed by atoms with Crippen molar-refractivity contribution in [1.29, 1.82) is 0 Å². The number of hydrogen-bond donors (Lipinski definition) is 0. The molecule has 0 bridgehead atoms. The molecular formula is C18H48. The Morgan fingerprint density at radius 1 is 0.667 bits per heavy atom. The lowest BCUT2D eigenvalue weighted by atomic mass is 10.2. The normalized spacial score (nSPS) is 5.06. The average molecular weight is 265 g/mol. The van der Waals surface area contributed by atoms with Crippen molar-refractivity contribution < 1.29 is 0 Å². The van der Waals surface area contributed by atoms with Gasteiger partial charge in [0.2, 0.25) is 0 Å². The molecule has 0 unspecified atom stereocenters. The molecule has 0 aromatic rings. The van der Waals surface area contributed by atoms with E-state index in [1.54, 1.807) is 0 Å². The largest absolute Gasteiger partial charge is 0.103 e. The Bertz CT molecular complexity index is 35.3. The molecule has 0 nitrogen and oxygen atoms in total. The molecule has 0 rings (SSSR count). The highest BCUT2D eigenvalue weighted by atomic mass is 13.8. The quantitative estimate of drug-likeness (QED) is 0.417. The van der Waals surface area contributed by atoms with Crippen molar-refractivity contribution in [3.8, 4) is 0 Å². The molecule has 0 aliphatic carbocycles. The third-order valence-corrected chi connectivity index (χ3v) is 0.471. The lowest BCUT2D eigenvalue weighted by Crippen LogP contribution is -1.71. The van der Waals surface area contributed by atoms with Gasteiger partial charge in [-0.25, -0.2) is 0 Å². The fraction of sp³-hybridized carbons (Fsp3) is 0.889. The first kappa shape index (κ1) is 43.1. The Morgan fingerprint density at radius 2 is 0.722 bits per heavy atom. The minimum Gasteiger partial charge on any atom is -0.103 e. The van der Waals surface area contributed by atoms with Gasteiger partial charge in [-0.05, 0) is 5.92 Å². The van der Waals surface area contributed by atoms with Crippen LogP contribution in [0.5, 0.6) is 0 Å². The van der Waals surface area contributed by atoms with Crippen molar-refractivity contribution in [2.75, 3.05) is 0 Å². The van der Waals surface area contributed by atoms with Gasteiger partial charge >= 0.3 is 0 Å². The summed E-state index contributed by atoms with van der Waals surface area (Å²) in [4.78, 5) is 0. The van der Waals surface area contributed by atoms with E-state index in [1.165, 1.54) is 6.42 Å². The van der Waals surface area contributed by atoms with E-state index in [0.29, 0.717) is 5.92 Å². The molecule has 0 aromatic heterocycles. The second-order valence-electron chi connectivity index (χ2n) is 2.19. The molecule has 0 radical (unpaired) electrons. The molecule has 18 heavy (non-hydrogen) atoms. The van der Waals surface area contributed by atoms with Crippen molar-refractivity contribution in [2.24, 2.45) is 5.92 Å². The number of rotatable bonds is 1. The lowest BCUT2D eigenvalue weighted by Gasteiger charge is -1.84. The molecule has 0 amide bonds. The summed E-state index contributed by atoms with van der Waals surface area (Å²) in [7, 11) is 0. The van der Waals surface area contributed by atoms with E-state index in [-0.39, 0.29) is 0 Å². The van der Waals surface area contributed by atoms with Crippen LogP contribution in [-0.4, -0.2) is 0 Å². The first-order chi connectivity index (χ1) is 8.68. The maximum absolute atomic E-state index is 3.56. The van der Waals surface area contributed by atoms with Crippen molar-refractivity contribution >= 4 is 0 Å². The summed E-state index contributed by atoms with van der Waals surface area (Å²) in [6, 6.07) is 0. The van der Waals surface area contributed by atoms with Crippen LogP contribution < -0.4 is 0 Å². The van der Waals surface area contributed by atoms with Gasteiger partial charge in [-0.3, -0.25) is 0 Å². The van der Waals surface area contributed by atoms with E-state index in [0.717, 1.165) is 0 Å². The maximum Gasteiger partial charge on any atom is -0.0293 e. The van der Waals surface area contributed by atoms with E-state index in [2.05, 4.69) is 34.3 Å². The average Bonchev–Trinajstić information content (AvgIpc) is 2.50. The Morgan fingerprint density at radius 3 is 0.722 bits per heavy atom. The topological polar surface area (TPSA) is 0 Å². The van der Waals surface area contributed by atoms with Gasteiger partial charge in [0.05, 0.1) is 0 Å². The predicted octanol–water partition coefficient (Wildman–Crippen LogP) is 8.38. The van der Waals surface area contributed by atoms with Crippen molar-refractivity contribution in [1.82, 2.24) is 0 Å². The van der Waals surface area contributed by atoms with Gasteiger partial charge in [-0.2, -0.15) is 0 Å². The van der Waals surface area contributed by atoms with Gasteiger partial charge in [0.25, 0.3) is 0 Å². The maximum atomic E-state index is 3.56. The third kappa shape index (κ3) is 1130. The highest BCUT2D eigenvalue weighted by Gasteiger charge is 1.73. The van der Waals surface area contributed by atoms with Crippen LogP contribution in [0.3, 0.4) is 0 Å². The zero-order valence-corrected chi connectivity index (χ0v) is 16.6. The molecule has 0 atom stereocenters. The first-order valence-electron chi connectivity index (χ1n) is 8.31. The van der Waals surface area contributed by atoms with Gasteiger partial charge in [0.1, 0.15) is 0 Å². The molecule has 0 fully saturated rings. The smallest absolute Gasteiger partial charge is 0.0293 e. The van der Waals surface area contributed by atoms with Crippen molar-refractivity contribution in [3.63, 3.8) is 0 Å². The SMILES string of the molecule is C=CC(C)C.CC.CC.CC.CC.CC.CCC. The molecule has 0 N–H and O–H groups in total. The van der Waals surface area contributed by atoms with Gasteiger partial charge in [-0.15, -0.1) is 6.58 Å². The number of hydrogen-bond acceptors (Lipinski definition) is 0. The van der Waals surface area contributed by atoms with Gasteiger partial charge in [0.15, 0.2) is 0 Å². The van der Waals surface area contributed by atoms with Crippen LogP contribution in [0.15, 0.2) is 12.7 Å². The Balaban J connectivity index is -0.0000000166. The van der Waals surface area contributed by atoms with Crippen LogP contribution >= 0.6 is 0 Å². The molecule has 0 saturated carbocycles. The molecule has 120 valence electrons. The van der Waals surface area contributed by atoms with Crippen LogP contribution in [-0.2, 0) is 0 Å². The minimum absolute atomic E-state index is 0.648. The van der Waals surface area contributed by atoms with E-state index >= 15 is 0 Å². The lowest BCUT2D eigenvalue weighted by molar-refractivity contribution is 0.835. The number of allylic oxidation sites excluding steroid dienone is 1. The van der Waals surface area contributed by atoms with Gasteiger partial charge < -0.3 is 0 Å². The second-order valence-corrected chi connectivity index (χ2v) is 2.19. The summed E-state index contributed by atoms with van der Waals surface area (Å²) in [6.07, 6.45) is 3.17. The summed E-state index contributed by atoms with van der Waals surface area (Å²) in [6.45, 7) is 32.0. The van der Waals surface area contributed by atoms with E-state index in [4.69, 9.17) is 0 Å². The summed E-state index contributed by atoms with van der Waals surface area (Å²) >= 11 is 0. The van der Waals surface area contributed by atoms with Crippen LogP contribution in [0.25, 0.3) is 0 Å². The summed E-state index contributed by atoms with van der Waals surface area (Å²) in [5, 5.41) is 0. The zero-order chi connectivity index (χ0) is 17.0. The molecule has 0 aliphatic rings. The van der Waals surface area contributed by atoms with Crippen LogP contribution in [0.2, 0.25) is 0 Å². The Kier molecular flexibility index (Phi) is 442. The van der Waals surface area contributed by atoms with Gasteiger partial charge in [0, 0.05) is 0 Å². The predicted molar refractivity (Wildman–Crippen MR) is 97.7 cm³/mol. The van der Waals surface area contributed by atoms with Crippen LogP contribution in [0, 0.1) is 5.92 Å². The third-order valence-electron chi connectivity index (χ3n) is 0.471.